The predicted molar refractivity (Wildman–Crippen MR) is 56.7 cm³/mol. The Bertz CT molecular complexity index is 232. The minimum Gasteiger partial charge on any atom is -0.353 e. The van der Waals surface area contributed by atoms with E-state index in [9.17, 15) is 4.79 Å². The van der Waals surface area contributed by atoms with Crippen LogP contribution >= 0.6 is 0 Å². The molecule has 0 aromatic carbocycles. The molecule has 0 radical (unpaired) electrons. The van der Waals surface area contributed by atoms with Crippen LogP contribution in [-0.4, -0.2) is 24.5 Å². The topological polar surface area (TPSA) is 41.1 Å². The van der Waals surface area contributed by atoms with Crippen molar-refractivity contribution < 1.29 is 4.79 Å². The zero-order chi connectivity index (χ0) is 10.4. The molecule has 1 aliphatic rings. The summed E-state index contributed by atoms with van der Waals surface area (Å²) in [5.41, 5.74) is 0. The summed E-state index contributed by atoms with van der Waals surface area (Å²) in [5.74, 6) is 2.56. The lowest BCUT2D eigenvalue weighted by Gasteiger charge is -2.28. The second-order valence-electron chi connectivity index (χ2n) is 3.85. The van der Waals surface area contributed by atoms with Gasteiger partial charge in [0.2, 0.25) is 5.91 Å². The van der Waals surface area contributed by atoms with E-state index in [1.54, 1.807) is 0 Å². The number of amides is 1. The molecular formula is C11H18N2O. The van der Waals surface area contributed by atoms with Crippen molar-refractivity contribution in [3.8, 4) is 12.3 Å². The van der Waals surface area contributed by atoms with Crippen LogP contribution in [0.2, 0.25) is 0 Å². The Morgan fingerprint density at radius 1 is 1.71 bits per heavy atom. The molecule has 3 nitrogen and oxygen atoms in total. The van der Waals surface area contributed by atoms with Crippen molar-refractivity contribution in [2.24, 2.45) is 0 Å². The maximum Gasteiger partial charge on any atom is 0.221 e. The highest BCUT2D eigenvalue weighted by atomic mass is 16.1. The summed E-state index contributed by atoms with van der Waals surface area (Å²) < 4.78 is 0. The van der Waals surface area contributed by atoms with E-state index in [1.165, 1.54) is 0 Å². The zero-order valence-corrected chi connectivity index (χ0v) is 8.68. The molecule has 2 atom stereocenters. The number of carbonyl (C=O) groups is 1. The lowest BCUT2D eigenvalue weighted by Crippen LogP contribution is -2.46. The number of hydrogen-bond donors (Lipinski definition) is 2. The van der Waals surface area contributed by atoms with Crippen LogP contribution in [0, 0.1) is 12.3 Å². The maximum atomic E-state index is 11.3. The van der Waals surface area contributed by atoms with Gasteiger partial charge < -0.3 is 10.6 Å². The molecule has 1 rings (SSSR count). The third-order valence-corrected chi connectivity index (χ3v) is 2.49. The van der Waals surface area contributed by atoms with Crippen LogP contribution in [0.25, 0.3) is 0 Å². The fraction of sp³-hybridized carbons (Fsp3) is 0.727. The van der Waals surface area contributed by atoms with Crippen molar-refractivity contribution in [2.45, 2.75) is 44.7 Å². The number of rotatable bonds is 3. The first-order chi connectivity index (χ1) is 6.72. The highest BCUT2D eigenvalue weighted by molar-refractivity contribution is 5.76. The summed E-state index contributed by atoms with van der Waals surface area (Å²) in [7, 11) is 0. The summed E-state index contributed by atoms with van der Waals surface area (Å²) >= 11 is 0. The molecule has 0 saturated carbocycles. The van der Waals surface area contributed by atoms with E-state index in [4.69, 9.17) is 6.42 Å². The molecule has 1 aliphatic heterocycles. The highest BCUT2D eigenvalue weighted by Crippen LogP contribution is 2.08. The van der Waals surface area contributed by atoms with E-state index in [2.05, 4.69) is 23.5 Å². The monoisotopic (exact) mass is 194 g/mol. The van der Waals surface area contributed by atoms with Gasteiger partial charge in [-0.25, -0.2) is 0 Å². The van der Waals surface area contributed by atoms with Crippen LogP contribution in [0.15, 0.2) is 0 Å². The van der Waals surface area contributed by atoms with Crippen molar-refractivity contribution in [3.63, 3.8) is 0 Å². The van der Waals surface area contributed by atoms with E-state index in [1.807, 2.05) is 0 Å². The van der Waals surface area contributed by atoms with Gasteiger partial charge in [0.15, 0.2) is 0 Å². The van der Waals surface area contributed by atoms with Gasteiger partial charge in [0, 0.05) is 24.9 Å². The summed E-state index contributed by atoms with van der Waals surface area (Å²) in [4.78, 5) is 11.3. The number of carbonyl (C=O) groups excluding carboxylic acids is 1. The van der Waals surface area contributed by atoms with Crippen molar-refractivity contribution in [1.29, 1.82) is 0 Å². The third-order valence-electron chi connectivity index (χ3n) is 2.49. The molecule has 3 heteroatoms. The summed E-state index contributed by atoms with van der Waals surface area (Å²) in [5, 5.41) is 6.35. The lowest BCUT2D eigenvalue weighted by molar-refractivity contribution is -0.121. The summed E-state index contributed by atoms with van der Waals surface area (Å²) in [6.45, 7) is 3.13. The average molecular weight is 194 g/mol. The SMILES string of the molecule is C#CCCC(=O)NC1CCNC(C)C1. The van der Waals surface area contributed by atoms with Gasteiger partial charge in [-0.3, -0.25) is 4.79 Å². The van der Waals surface area contributed by atoms with Crippen LogP contribution < -0.4 is 10.6 Å². The summed E-state index contributed by atoms with van der Waals surface area (Å²) in [6, 6.07) is 0.832. The first-order valence-corrected chi connectivity index (χ1v) is 5.18. The smallest absolute Gasteiger partial charge is 0.221 e. The number of hydrogen-bond acceptors (Lipinski definition) is 2. The fourth-order valence-corrected chi connectivity index (χ4v) is 1.75. The molecular weight excluding hydrogens is 176 g/mol. The van der Waals surface area contributed by atoms with Crippen molar-refractivity contribution in [1.82, 2.24) is 10.6 Å². The van der Waals surface area contributed by atoms with Gasteiger partial charge >= 0.3 is 0 Å². The van der Waals surface area contributed by atoms with Gasteiger partial charge in [-0.05, 0) is 26.3 Å². The Kier molecular flexibility index (Phi) is 4.48. The van der Waals surface area contributed by atoms with E-state index in [0.717, 1.165) is 19.4 Å². The standard InChI is InChI=1S/C11H18N2O/c1-3-4-5-11(14)13-10-6-7-12-9(2)8-10/h1,9-10,12H,4-8H2,2H3,(H,13,14). The second kappa shape index (κ2) is 5.66. The van der Waals surface area contributed by atoms with Crippen LogP contribution in [-0.2, 0) is 4.79 Å². The Balaban J connectivity index is 2.22. The molecule has 2 unspecified atom stereocenters. The number of piperidine rings is 1. The van der Waals surface area contributed by atoms with E-state index >= 15 is 0 Å². The Morgan fingerprint density at radius 3 is 3.14 bits per heavy atom. The molecule has 1 saturated heterocycles. The van der Waals surface area contributed by atoms with E-state index in [0.29, 0.717) is 24.9 Å². The molecule has 0 aromatic rings. The molecule has 1 fully saturated rings. The first kappa shape index (κ1) is 11.1. The molecule has 1 amide bonds. The zero-order valence-electron chi connectivity index (χ0n) is 8.68. The largest absolute Gasteiger partial charge is 0.353 e. The van der Waals surface area contributed by atoms with Gasteiger partial charge in [-0.1, -0.05) is 0 Å². The molecule has 2 N–H and O–H groups in total. The molecule has 14 heavy (non-hydrogen) atoms. The molecule has 78 valence electrons. The Morgan fingerprint density at radius 2 is 2.50 bits per heavy atom. The van der Waals surface area contributed by atoms with Crippen LogP contribution in [0.3, 0.4) is 0 Å². The molecule has 1 heterocycles. The molecule has 0 spiro atoms. The van der Waals surface area contributed by atoms with E-state index < -0.39 is 0 Å². The molecule has 0 aliphatic carbocycles. The summed E-state index contributed by atoms with van der Waals surface area (Å²) in [6.07, 6.45) is 8.11. The highest BCUT2D eigenvalue weighted by Gasteiger charge is 2.19. The van der Waals surface area contributed by atoms with Crippen molar-refractivity contribution >= 4 is 5.91 Å². The van der Waals surface area contributed by atoms with Crippen LogP contribution in [0.5, 0.6) is 0 Å². The van der Waals surface area contributed by atoms with Gasteiger partial charge in [0.05, 0.1) is 0 Å². The predicted octanol–water partition coefficient (Wildman–Crippen LogP) is 0.656. The normalized spacial score (nSPS) is 26.6. The number of nitrogens with one attached hydrogen (secondary N) is 2. The minimum atomic E-state index is 0.0852. The number of terminal acetylenes is 1. The third kappa shape index (κ3) is 3.80. The average Bonchev–Trinajstić information content (AvgIpc) is 2.15. The molecule has 0 aromatic heterocycles. The van der Waals surface area contributed by atoms with Gasteiger partial charge in [-0.2, -0.15) is 0 Å². The van der Waals surface area contributed by atoms with Gasteiger partial charge in [0.25, 0.3) is 0 Å². The van der Waals surface area contributed by atoms with Crippen molar-refractivity contribution in [2.75, 3.05) is 6.54 Å². The Hall–Kier alpha value is -1.01. The second-order valence-corrected chi connectivity index (χ2v) is 3.85. The van der Waals surface area contributed by atoms with Crippen molar-refractivity contribution in [3.05, 3.63) is 0 Å². The maximum absolute atomic E-state index is 11.3. The quantitative estimate of drug-likeness (QED) is 0.648. The Labute approximate surface area is 85.6 Å². The van der Waals surface area contributed by atoms with Gasteiger partial charge in [0.1, 0.15) is 0 Å². The van der Waals surface area contributed by atoms with Crippen LogP contribution in [0.4, 0.5) is 0 Å². The fourth-order valence-electron chi connectivity index (χ4n) is 1.75. The van der Waals surface area contributed by atoms with Crippen LogP contribution in [0.1, 0.15) is 32.6 Å². The van der Waals surface area contributed by atoms with Gasteiger partial charge in [-0.15, -0.1) is 12.3 Å². The minimum absolute atomic E-state index is 0.0852. The lowest BCUT2D eigenvalue weighted by atomic mass is 10.0. The molecule has 0 bridgehead atoms. The first-order valence-electron chi connectivity index (χ1n) is 5.18. The van der Waals surface area contributed by atoms with E-state index in [-0.39, 0.29) is 5.91 Å².